The van der Waals surface area contributed by atoms with Crippen LogP contribution in [0.25, 0.3) is 0 Å². The molecule has 3 heteroatoms. The number of nitrogens with two attached hydrogens (primary N) is 1. The lowest BCUT2D eigenvalue weighted by Gasteiger charge is -2.31. The molecule has 0 spiro atoms. The average Bonchev–Trinajstić information content (AvgIpc) is 2.04. The smallest absolute Gasteiger partial charge is 0.0315 e. The maximum absolute atomic E-state index is 6.00. The van der Waals surface area contributed by atoms with Gasteiger partial charge in [0.05, 0.1) is 0 Å². The minimum absolute atomic E-state index is 0.405. The van der Waals surface area contributed by atoms with Crippen LogP contribution < -0.4 is 5.73 Å². The molecule has 1 saturated heterocycles. The van der Waals surface area contributed by atoms with Gasteiger partial charge in [-0.3, -0.25) is 0 Å². The molecule has 1 nitrogen and oxygen atoms in total. The molecule has 0 aromatic heterocycles. The second-order valence-corrected chi connectivity index (χ2v) is 5.75. The Hall–Kier alpha value is 0.660. The molecule has 11 heavy (non-hydrogen) atoms. The van der Waals surface area contributed by atoms with Crippen LogP contribution in [0.1, 0.15) is 20.3 Å². The molecule has 1 aliphatic heterocycles. The summed E-state index contributed by atoms with van der Waals surface area (Å²) >= 11 is 4.13. The van der Waals surface area contributed by atoms with Crippen molar-refractivity contribution >= 4 is 23.5 Å². The van der Waals surface area contributed by atoms with Gasteiger partial charge in [-0.25, -0.2) is 0 Å². The van der Waals surface area contributed by atoms with Crippen LogP contribution >= 0.6 is 23.5 Å². The maximum Gasteiger partial charge on any atom is 0.0315 e. The van der Waals surface area contributed by atoms with E-state index in [0.717, 1.165) is 11.7 Å². The first-order chi connectivity index (χ1) is 5.25. The number of rotatable bonds is 2. The Balaban J connectivity index is 2.40. The van der Waals surface area contributed by atoms with Gasteiger partial charge in [0.15, 0.2) is 0 Å². The Bertz CT molecular complexity index is 115. The highest BCUT2D eigenvalue weighted by atomic mass is 32.2. The van der Waals surface area contributed by atoms with E-state index in [0.29, 0.717) is 11.3 Å². The highest BCUT2D eigenvalue weighted by Crippen LogP contribution is 2.32. The highest BCUT2D eigenvalue weighted by Gasteiger charge is 2.26. The zero-order valence-corrected chi connectivity index (χ0v) is 8.88. The van der Waals surface area contributed by atoms with Gasteiger partial charge in [0, 0.05) is 28.0 Å². The fourth-order valence-electron chi connectivity index (χ4n) is 1.35. The fraction of sp³-hybridized carbons (Fsp3) is 1.00. The monoisotopic (exact) mass is 191 g/mol. The van der Waals surface area contributed by atoms with Gasteiger partial charge < -0.3 is 5.73 Å². The van der Waals surface area contributed by atoms with Gasteiger partial charge in [-0.1, -0.05) is 13.8 Å². The summed E-state index contributed by atoms with van der Waals surface area (Å²) in [5.74, 6) is 2.59. The Morgan fingerprint density at radius 1 is 1.45 bits per heavy atom. The molecule has 0 aromatic rings. The van der Waals surface area contributed by atoms with Crippen molar-refractivity contribution in [2.75, 3.05) is 11.5 Å². The lowest BCUT2D eigenvalue weighted by molar-refractivity contribution is 0.607. The van der Waals surface area contributed by atoms with Crippen LogP contribution in [-0.2, 0) is 0 Å². The SMILES string of the molecule is CC[C@@H](N)C1SCCSC1C. The highest BCUT2D eigenvalue weighted by molar-refractivity contribution is 8.07. The molecule has 3 atom stereocenters. The Labute approximate surface area is 77.9 Å². The van der Waals surface area contributed by atoms with Crippen LogP contribution in [0.3, 0.4) is 0 Å². The molecular weight excluding hydrogens is 174 g/mol. The summed E-state index contributed by atoms with van der Waals surface area (Å²) in [6, 6.07) is 0.405. The number of hydrogen-bond acceptors (Lipinski definition) is 3. The second kappa shape index (κ2) is 4.63. The van der Waals surface area contributed by atoms with E-state index < -0.39 is 0 Å². The fourth-order valence-corrected chi connectivity index (χ4v) is 4.34. The first kappa shape index (κ1) is 9.75. The molecule has 2 N–H and O–H groups in total. The summed E-state index contributed by atoms with van der Waals surface area (Å²) < 4.78 is 0. The molecule has 0 aromatic carbocycles. The van der Waals surface area contributed by atoms with Crippen LogP contribution in [-0.4, -0.2) is 28.0 Å². The van der Waals surface area contributed by atoms with Crippen molar-refractivity contribution in [2.45, 2.75) is 36.8 Å². The van der Waals surface area contributed by atoms with E-state index in [9.17, 15) is 0 Å². The van der Waals surface area contributed by atoms with Crippen LogP contribution in [0, 0.1) is 0 Å². The van der Waals surface area contributed by atoms with E-state index in [4.69, 9.17) is 5.73 Å². The van der Waals surface area contributed by atoms with E-state index in [-0.39, 0.29) is 0 Å². The third-order valence-electron chi connectivity index (χ3n) is 2.13. The Kier molecular flexibility index (Phi) is 4.10. The summed E-state index contributed by atoms with van der Waals surface area (Å²) in [5, 5.41) is 1.45. The van der Waals surface area contributed by atoms with Gasteiger partial charge in [0.25, 0.3) is 0 Å². The molecule has 1 heterocycles. The van der Waals surface area contributed by atoms with E-state index in [1.807, 2.05) is 0 Å². The maximum atomic E-state index is 6.00. The summed E-state index contributed by atoms with van der Waals surface area (Å²) in [7, 11) is 0. The Morgan fingerprint density at radius 2 is 2.09 bits per heavy atom. The zero-order chi connectivity index (χ0) is 8.27. The Morgan fingerprint density at radius 3 is 2.64 bits per heavy atom. The van der Waals surface area contributed by atoms with E-state index in [1.54, 1.807) is 0 Å². The minimum atomic E-state index is 0.405. The molecule has 1 rings (SSSR count). The average molecular weight is 191 g/mol. The van der Waals surface area contributed by atoms with Crippen LogP contribution in [0.4, 0.5) is 0 Å². The van der Waals surface area contributed by atoms with Crippen LogP contribution in [0.5, 0.6) is 0 Å². The minimum Gasteiger partial charge on any atom is -0.327 e. The third-order valence-corrected chi connectivity index (χ3v) is 5.40. The lowest BCUT2D eigenvalue weighted by Crippen LogP contribution is -2.40. The van der Waals surface area contributed by atoms with Gasteiger partial charge in [-0.15, -0.1) is 0 Å². The van der Waals surface area contributed by atoms with Gasteiger partial charge in [0.1, 0.15) is 0 Å². The quantitative estimate of drug-likeness (QED) is 0.722. The zero-order valence-electron chi connectivity index (χ0n) is 7.25. The molecule has 0 radical (unpaired) electrons. The molecule has 1 fully saturated rings. The van der Waals surface area contributed by atoms with Crippen molar-refractivity contribution < 1.29 is 0 Å². The second-order valence-electron chi connectivity index (χ2n) is 2.98. The predicted molar refractivity (Wildman–Crippen MR) is 56.4 cm³/mol. The van der Waals surface area contributed by atoms with E-state index in [1.165, 1.54) is 11.5 Å². The van der Waals surface area contributed by atoms with Crippen molar-refractivity contribution in [3.8, 4) is 0 Å². The standard InChI is InChI=1S/C8H17NS2/c1-3-7(9)8-6(2)10-4-5-11-8/h6-8H,3-5,9H2,1-2H3/t6?,7-,8?/m1/s1. The van der Waals surface area contributed by atoms with Crippen LogP contribution in [0.2, 0.25) is 0 Å². The first-order valence-electron chi connectivity index (χ1n) is 4.24. The van der Waals surface area contributed by atoms with Gasteiger partial charge in [-0.2, -0.15) is 23.5 Å². The summed E-state index contributed by atoms with van der Waals surface area (Å²) in [4.78, 5) is 0. The molecule has 66 valence electrons. The number of hydrogen-bond donors (Lipinski definition) is 1. The van der Waals surface area contributed by atoms with Gasteiger partial charge in [-0.05, 0) is 6.42 Å². The molecule has 0 bridgehead atoms. The molecule has 0 aliphatic carbocycles. The van der Waals surface area contributed by atoms with Crippen molar-refractivity contribution in [1.82, 2.24) is 0 Å². The summed E-state index contributed by atoms with van der Waals surface area (Å²) in [5.41, 5.74) is 6.00. The largest absolute Gasteiger partial charge is 0.327 e. The summed E-state index contributed by atoms with van der Waals surface area (Å²) in [6.45, 7) is 4.48. The molecule has 2 unspecified atom stereocenters. The lowest BCUT2D eigenvalue weighted by atomic mass is 10.1. The van der Waals surface area contributed by atoms with Crippen molar-refractivity contribution in [3.63, 3.8) is 0 Å². The number of thioether (sulfide) groups is 2. The summed E-state index contributed by atoms with van der Waals surface area (Å²) in [6.07, 6.45) is 1.11. The third kappa shape index (κ3) is 2.56. The molecule has 1 aliphatic rings. The normalized spacial score (nSPS) is 35.2. The topological polar surface area (TPSA) is 26.0 Å². The predicted octanol–water partition coefficient (Wildman–Crippen LogP) is 1.96. The molecule has 0 saturated carbocycles. The van der Waals surface area contributed by atoms with Crippen LogP contribution in [0.15, 0.2) is 0 Å². The molecule has 0 amide bonds. The van der Waals surface area contributed by atoms with Gasteiger partial charge >= 0.3 is 0 Å². The van der Waals surface area contributed by atoms with Gasteiger partial charge in [0.2, 0.25) is 0 Å². The van der Waals surface area contributed by atoms with Crippen molar-refractivity contribution in [2.24, 2.45) is 5.73 Å². The van der Waals surface area contributed by atoms with Crippen molar-refractivity contribution in [3.05, 3.63) is 0 Å². The van der Waals surface area contributed by atoms with Crippen molar-refractivity contribution in [1.29, 1.82) is 0 Å². The van der Waals surface area contributed by atoms with E-state index in [2.05, 4.69) is 37.4 Å². The first-order valence-corrected chi connectivity index (χ1v) is 6.34. The molecular formula is C8H17NS2. The van der Waals surface area contributed by atoms with E-state index >= 15 is 0 Å².